The Hall–Kier alpha value is -2.00. The fourth-order valence-corrected chi connectivity index (χ4v) is 7.16. The lowest BCUT2D eigenvalue weighted by Crippen LogP contribution is -2.39. The molecule has 0 unspecified atom stereocenters. The van der Waals surface area contributed by atoms with Gasteiger partial charge in [0.2, 0.25) is 0 Å². The fraction of sp³-hybridized carbons (Fsp3) is 0.318. The predicted octanol–water partition coefficient (Wildman–Crippen LogP) is 5.58. The molecule has 1 aliphatic heterocycles. The highest BCUT2D eigenvalue weighted by Crippen LogP contribution is 2.36. The molecule has 10 heteroatoms. The smallest absolute Gasteiger partial charge is 0.185 e. The summed E-state index contributed by atoms with van der Waals surface area (Å²) in [5.41, 5.74) is 1.77. The molecular weight excluding hydrogens is 491 g/mol. The van der Waals surface area contributed by atoms with E-state index in [1.165, 1.54) is 23.5 Å². The van der Waals surface area contributed by atoms with E-state index in [1.54, 1.807) is 20.3 Å². The first-order valence-corrected chi connectivity index (χ1v) is 13.1. The van der Waals surface area contributed by atoms with E-state index >= 15 is 0 Å². The standard InChI is InChI=1S/C22H22Cl2N2O4S2/c1-29-19-6-3-14(11-20(19)30-2)18-13-31-22(25-18)26-9-7-16(8-10-26)32(27,28)21-12-15(23)4-5-17(21)24/h3-6,11-13,16H,7-10H2,1-2H3. The van der Waals surface area contributed by atoms with Crippen molar-refractivity contribution >= 4 is 49.5 Å². The zero-order chi connectivity index (χ0) is 22.9. The van der Waals surface area contributed by atoms with Crippen molar-refractivity contribution in [1.29, 1.82) is 0 Å². The first-order chi connectivity index (χ1) is 15.3. The van der Waals surface area contributed by atoms with Crippen LogP contribution in [-0.4, -0.2) is 46.0 Å². The molecule has 0 N–H and O–H groups in total. The van der Waals surface area contributed by atoms with Gasteiger partial charge in [0.15, 0.2) is 26.5 Å². The molecule has 0 bridgehead atoms. The summed E-state index contributed by atoms with van der Waals surface area (Å²) in [5, 5.41) is 2.92. The Kier molecular flexibility index (Phi) is 6.86. The fourth-order valence-electron chi connectivity index (χ4n) is 3.77. The summed E-state index contributed by atoms with van der Waals surface area (Å²) in [6, 6.07) is 10.2. The van der Waals surface area contributed by atoms with Crippen LogP contribution in [0.25, 0.3) is 11.3 Å². The summed E-state index contributed by atoms with van der Waals surface area (Å²) >= 11 is 13.7. The number of anilines is 1. The van der Waals surface area contributed by atoms with E-state index in [0.29, 0.717) is 42.5 Å². The third kappa shape index (κ3) is 4.55. The maximum Gasteiger partial charge on any atom is 0.185 e. The number of thiazole rings is 1. The van der Waals surface area contributed by atoms with Gasteiger partial charge in [0, 0.05) is 29.1 Å². The molecule has 0 atom stereocenters. The number of aromatic nitrogens is 1. The number of halogens is 2. The Bertz CT molecular complexity index is 1220. The number of hydrogen-bond acceptors (Lipinski definition) is 7. The summed E-state index contributed by atoms with van der Waals surface area (Å²) in [4.78, 5) is 7.00. The number of piperidine rings is 1. The largest absolute Gasteiger partial charge is 0.493 e. The second-order valence-corrected chi connectivity index (χ2v) is 11.3. The zero-order valence-corrected chi connectivity index (χ0v) is 20.7. The third-order valence-electron chi connectivity index (χ3n) is 5.52. The van der Waals surface area contributed by atoms with Crippen LogP contribution in [-0.2, 0) is 9.84 Å². The normalized spacial score (nSPS) is 15.1. The van der Waals surface area contributed by atoms with Crippen LogP contribution in [0.15, 0.2) is 46.7 Å². The van der Waals surface area contributed by atoms with Crippen molar-refractivity contribution in [2.24, 2.45) is 0 Å². The molecule has 1 aromatic heterocycles. The lowest BCUT2D eigenvalue weighted by atomic mass is 10.1. The minimum absolute atomic E-state index is 0.107. The maximum atomic E-state index is 13.1. The molecule has 32 heavy (non-hydrogen) atoms. The molecular formula is C22H22Cl2N2O4S2. The Balaban J connectivity index is 1.48. The third-order valence-corrected chi connectivity index (χ3v) is 9.40. The molecule has 2 heterocycles. The van der Waals surface area contributed by atoms with Crippen LogP contribution < -0.4 is 14.4 Å². The molecule has 1 fully saturated rings. The zero-order valence-electron chi connectivity index (χ0n) is 17.5. The van der Waals surface area contributed by atoms with Crippen molar-refractivity contribution in [2.45, 2.75) is 23.0 Å². The number of hydrogen-bond donors (Lipinski definition) is 0. The molecule has 4 rings (SSSR count). The molecule has 0 saturated carbocycles. The monoisotopic (exact) mass is 512 g/mol. The van der Waals surface area contributed by atoms with Crippen molar-refractivity contribution < 1.29 is 17.9 Å². The van der Waals surface area contributed by atoms with Crippen LogP contribution in [0.1, 0.15) is 12.8 Å². The molecule has 0 aliphatic carbocycles. The highest BCUT2D eigenvalue weighted by molar-refractivity contribution is 7.92. The van der Waals surface area contributed by atoms with E-state index in [0.717, 1.165) is 16.4 Å². The molecule has 2 aromatic carbocycles. The quantitative estimate of drug-likeness (QED) is 0.429. The van der Waals surface area contributed by atoms with Gasteiger partial charge in [0.1, 0.15) is 0 Å². The minimum Gasteiger partial charge on any atom is -0.493 e. The molecule has 6 nitrogen and oxygen atoms in total. The maximum absolute atomic E-state index is 13.1. The number of benzene rings is 2. The van der Waals surface area contributed by atoms with Crippen LogP contribution in [0.3, 0.4) is 0 Å². The Morgan fingerprint density at radius 2 is 1.75 bits per heavy atom. The number of rotatable bonds is 6. The van der Waals surface area contributed by atoms with Crippen LogP contribution in [0.2, 0.25) is 10.0 Å². The lowest BCUT2D eigenvalue weighted by molar-refractivity contribution is 0.355. The highest BCUT2D eigenvalue weighted by Gasteiger charge is 2.33. The number of nitrogens with zero attached hydrogens (tertiary/aromatic N) is 2. The van der Waals surface area contributed by atoms with E-state index in [9.17, 15) is 8.42 Å². The first-order valence-electron chi connectivity index (χ1n) is 9.95. The van der Waals surface area contributed by atoms with E-state index in [4.69, 9.17) is 37.7 Å². The van der Waals surface area contributed by atoms with Crippen molar-refractivity contribution in [3.05, 3.63) is 51.8 Å². The van der Waals surface area contributed by atoms with Crippen molar-refractivity contribution in [2.75, 3.05) is 32.2 Å². The molecule has 0 amide bonds. The molecule has 0 spiro atoms. The minimum atomic E-state index is -3.56. The van der Waals surface area contributed by atoms with Gasteiger partial charge in [-0.3, -0.25) is 0 Å². The molecule has 1 saturated heterocycles. The van der Waals surface area contributed by atoms with Crippen LogP contribution in [0.4, 0.5) is 5.13 Å². The lowest BCUT2D eigenvalue weighted by Gasteiger charge is -2.31. The summed E-state index contributed by atoms with van der Waals surface area (Å²) in [7, 11) is -0.359. The van der Waals surface area contributed by atoms with E-state index < -0.39 is 15.1 Å². The van der Waals surface area contributed by atoms with E-state index in [1.807, 2.05) is 23.6 Å². The molecule has 170 valence electrons. The van der Waals surface area contributed by atoms with Crippen molar-refractivity contribution in [3.8, 4) is 22.8 Å². The number of methoxy groups -OCH3 is 2. The van der Waals surface area contributed by atoms with Crippen LogP contribution in [0.5, 0.6) is 11.5 Å². The second-order valence-electron chi connectivity index (χ2n) is 7.39. The van der Waals surface area contributed by atoms with Gasteiger partial charge in [-0.25, -0.2) is 13.4 Å². The summed E-state index contributed by atoms with van der Waals surface area (Å²) < 4.78 is 36.9. The van der Waals surface area contributed by atoms with Gasteiger partial charge in [0.05, 0.1) is 35.1 Å². The first kappa shape index (κ1) is 23.2. The second kappa shape index (κ2) is 9.47. The van der Waals surface area contributed by atoms with E-state index in [-0.39, 0.29) is 9.92 Å². The predicted molar refractivity (Wildman–Crippen MR) is 130 cm³/mol. The van der Waals surface area contributed by atoms with Gasteiger partial charge < -0.3 is 14.4 Å². The molecule has 1 aliphatic rings. The highest BCUT2D eigenvalue weighted by atomic mass is 35.5. The van der Waals surface area contributed by atoms with Crippen molar-refractivity contribution in [3.63, 3.8) is 0 Å². The van der Waals surface area contributed by atoms with E-state index in [2.05, 4.69) is 4.90 Å². The van der Waals surface area contributed by atoms with Gasteiger partial charge >= 0.3 is 0 Å². The molecule has 3 aromatic rings. The Morgan fingerprint density at radius 1 is 1.03 bits per heavy atom. The van der Waals surface area contributed by atoms with Crippen LogP contribution >= 0.6 is 34.5 Å². The molecule has 0 radical (unpaired) electrons. The summed E-state index contributed by atoms with van der Waals surface area (Å²) in [6.07, 6.45) is 0.993. The van der Waals surface area contributed by atoms with Crippen LogP contribution in [0, 0.1) is 0 Å². The Morgan fingerprint density at radius 3 is 2.44 bits per heavy atom. The van der Waals surface area contributed by atoms with Gasteiger partial charge in [-0.1, -0.05) is 23.2 Å². The van der Waals surface area contributed by atoms with Crippen molar-refractivity contribution in [1.82, 2.24) is 4.98 Å². The number of sulfone groups is 1. The SMILES string of the molecule is COc1ccc(-c2csc(N3CCC(S(=O)(=O)c4cc(Cl)ccc4Cl)CC3)n2)cc1OC. The average Bonchev–Trinajstić information content (AvgIpc) is 3.30. The topological polar surface area (TPSA) is 68.7 Å². The van der Waals surface area contributed by atoms with Gasteiger partial charge in [0.25, 0.3) is 0 Å². The number of ether oxygens (including phenoxy) is 2. The average molecular weight is 513 g/mol. The van der Waals surface area contributed by atoms with Gasteiger partial charge in [-0.15, -0.1) is 11.3 Å². The summed E-state index contributed by atoms with van der Waals surface area (Å²) in [5.74, 6) is 1.31. The van der Waals surface area contributed by atoms with Gasteiger partial charge in [-0.05, 0) is 49.2 Å². The Labute approximate surface area is 201 Å². The van der Waals surface area contributed by atoms with Gasteiger partial charge in [-0.2, -0.15) is 0 Å². The summed E-state index contributed by atoms with van der Waals surface area (Å²) in [6.45, 7) is 1.20.